The fourth-order valence-electron chi connectivity index (χ4n) is 2.39. The molecule has 0 saturated heterocycles. The van der Waals surface area contributed by atoms with Crippen LogP contribution in [0.15, 0.2) is 36.5 Å². The molecule has 3 nitrogen and oxygen atoms in total. The van der Waals surface area contributed by atoms with E-state index in [-0.39, 0.29) is 6.04 Å². The maximum Gasteiger partial charge on any atom is 0.125 e. The normalized spacial score (nSPS) is 12.6. The van der Waals surface area contributed by atoms with Crippen LogP contribution in [0.1, 0.15) is 61.8 Å². The van der Waals surface area contributed by atoms with E-state index in [0.717, 1.165) is 24.5 Å². The van der Waals surface area contributed by atoms with Gasteiger partial charge in [-0.05, 0) is 43.0 Å². The number of aryl methyl sites for hydroxylation is 1. The van der Waals surface area contributed by atoms with Gasteiger partial charge in [0.25, 0.3) is 0 Å². The van der Waals surface area contributed by atoms with Gasteiger partial charge in [-0.3, -0.25) is 0 Å². The lowest BCUT2D eigenvalue weighted by Crippen LogP contribution is -2.24. The van der Waals surface area contributed by atoms with Gasteiger partial charge in [0.2, 0.25) is 0 Å². The van der Waals surface area contributed by atoms with Crippen molar-refractivity contribution >= 4 is 0 Å². The zero-order chi connectivity index (χ0) is 15.2. The summed E-state index contributed by atoms with van der Waals surface area (Å²) in [5, 5.41) is 3.59. The van der Waals surface area contributed by atoms with Crippen molar-refractivity contribution in [3.63, 3.8) is 0 Å². The Morgan fingerprint density at radius 3 is 2.29 bits per heavy atom. The molecule has 2 aromatic rings. The molecule has 3 heteroatoms. The van der Waals surface area contributed by atoms with Crippen LogP contribution in [0.2, 0.25) is 0 Å². The van der Waals surface area contributed by atoms with Crippen LogP contribution in [0.4, 0.5) is 0 Å². The summed E-state index contributed by atoms with van der Waals surface area (Å²) in [5.41, 5.74) is 3.66. The van der Waals surface area contributed by atoms with E-state index >= 15 is 0 Å². The Bertz CT molecular complexity index is 561. The van der Waals surface area contributed by atoms with Crippen LogP contribution in [-0.4, -0.2) is 16.5 Å². The van der Waals surface area contributed by atoms with Gasteiger partial charge in [-0.25, -0.2) is 9.97 Å². The molecule has 112 valence electrons. The van der Waals surface area contributed by atoms with Gasteiger partial charge in [0.1, 0.15) is 5.82 Å². The van der Waals surface area contributed by atoms with Crippen LogP contribution in [0, 0.1) is 6.92 Å². The van der Waals surface area contributed by atoms with E-state index in [1.54, 1.807) is 0 Å². The predicted octanol–water partition coefficient (Wildman–Crippen LogP) is 4.00. The minimum atomic E-state index is 0.132. The molecule has 0 spiro atoms. The highest BCUT2D eigenvalue weighted by atomic mass is 15.0. The van der Waals surface area contributed by atoms with E-state index < -0.39 is 0 Å². The predicted molar refractivity (Wildman–Crippen MR) is 87.4 cm³/mol. The standard InChI is InChI=1S/C18H25N3/c1-5-11-20-18(17-10-12-19-14(4)21-17)16-8-6-15(7-9-16)13(2)3/h6-10,12-13,18,20H,5,11H2,1-4H3. The quantitative estimate of drug-likeness (QED) is 0.871. The SMILES string of the molecule is CCCNC(c1ccc(C(C)C)cc1)c1ccnc(C)n1. The number of hydrogen-bond acceptors (Lipinski definition) is 3. The van der Waals surface area contributed by atoms with Gasteiger partial charge < -0.3 is 5.32 Å². The van der Waals surface area contributed by atoms with Gasteiger partial charge in [0, 0.05) is 6.20 Å². The fraction of sp³-hybridized carbons (Fsp3) is 0.444. The molecule has 2 rings (SSSR count). The average Bonchev–Trinajstić information content (AvgIpc) is 2.48. The number of aromatic nitrogens is 2. The highest BCUT2D eigenvalue weighted by Crippen LogP contribution is 2.23. The second kappa shape index (κ2) is 7.32. The Hall–Kier alpha value is -1.74. The molecule has 0 fully saturated rings. The highest BCUT2D eigenvalue weighted by molar-refractivity contribution is 5.31. The van der Waals surface area contributed by atoms with Gasteiger partial charge in [-0.2, -0.15) is 0 Å². The third-order valence-electron chi connectivity index (χ3n) is 3.63. The van der Waals surface area contributed by atoms with Crippen molar-refractivity contribution in [2.75, 3.05) is 6.54 Å². The van der Waals surface area contributed by atoms with Crippen LogP contribution in [0.3, 0.4) is 0 Å². The molecule has 1 aromatic heterocycles. The molecule has 1 unspecified atom stereocenters. The fourth-order valence-corrected chi connectivity index (χ4v) is 2.39. The Kier molecular flexibility index (Phi) is 5.45. The Balaban J connectivity index is 2.31. The summed E-state index contributed by atoms with van der Waals surface area (Å²) < 4.78 is 0. The Labute approximate surface area is 127 Å². The molecule has 0 amide bonds. The molecule has 0 aliphatic rings. The highest BCUT2D eigenvalue weighted by Gasteiger charge is 2.15. The molecule has 1 atom stereocenters. The second-order valence-corrected chi connectivity index (χ2v) is 5.74. The average molecular weight is 283 g/mol. The van der Waals surface area contributed by atoms with Gasteiger partial charge in [-0.1, -0.05) is 45.0 Å². The third kappa shape index (κ3) is 4.11. The van der Waals surface area contributed by atoms with Crippen LogP contribution >= 0.6 is 0 Å². The zero-order valence-electron chi connectivity index (χ0n) is 13.4. The molecule has 0 saturated carbocycles. The van der Waals surface area contributed by atoms with Crippen molar-refractivity contribution in [1.29, 1.82) is 0 Å². The first-order chi connectivity index (χ1) is 10.1. The molecule has 21 heavy (non-hydrogen) atoms. The summed E-state index contributed by atoms with van der Waals surface area (Å²) in [6, 6.07) is 11.0. The smallest absolute Gasteiger partial charge is 0.125 e. The van der Waals surface area contributed by atoms with Gasteiger partial charge in [0.05, 0.1) is 11.7 Å². The number of hydrogen-bond donors (Lipinski definition) is 1. The maximum absolute atomic E-state index is 4.59. The lowest BCUT2D eigenvalue weighted by atomic mass is 9.97. The minimum absolute atomic E-state index is 0.132. The number of rotatable bonds is 6. The number of nitrogens with zero attached hydrogens (tertiary/aromatic N) is 2. The summed E-state index contributed by atoms with van der Waals surface area (Å²) in [7, 11) is 0. The minimum Gasteiger partial charge on any atom is -0.305 e. The van der Waals surface area contributed by atoms with E-state index in [9.17, 15) is 0 Å². The van der Waals surface area contributed by atoms with Crippen molar-refractivity contribution in [3.8, 4) is 0 Å². The molecule has 0 aliphatic carbocycles. The largest absolute Gasteiger partial charge is 0.305 e. The second-order valence-electron chi connectivity index (χ2n) is 5.74. The number of nitrogens with one attached hydrogen (secondary N) is 1. The van der Waals surface area contributed by atoms with Gasteiger partial charge >= 0.3 is 0 Å². The van der Waals surface area contributed by atoms with Crippen molar-refractivity contribution in [2.45, 2.75) is 46.1 Å². The van der Waals surface area contributed by atoms with Crippen molar-refractivity contribution < 1.29 is 0 Å². The summed E-state index contributed by atoms with van der Waals surface area (Å²) in [5.74, 6) is 1.37. The van der Waals surface area contributed by atoms with E-state index in [1.165, 1.54) is 11.1 Å². The van der Waals surface area contributed by atoms with E-state index in [4.69, 9.17) is 0 Å². The first kappa shape index (κ1) is 15.6. The van der Waals surface area contributed by atoms with Crippen molar-refractivity contribution in [2.24, 2.45) is 0 Å². The van der Waals surface area contributed by atoms with Crippen LogP contribution in [0.5, 0.6) is 0 Å². The molecule has 0 aliphatic heterocycles. The van der Waals surface area contributed by atoms with Crippen LogP contribution in [-0.2, 0) is 0 Å². The molecule has 0 bridgehead atoms. The Morgan fingerprint density at radius 1 is 1.05 bits per heavy atom. The van der Waals surface area contributed by atoms with Gasteiger partial charge in [0.15, 0.2) is 0 Å². The van der Waals surface area contributed by atoms with E-state index in [1.807, 2.05) is 19.2 Å². The molecule has 1 heterocycles. The lowest BCUT2D eigenvalue weighted by Gasteiger charge is -2.19. The molecule has 0 radical (unpaired) electrons. The summed E-state index contributed by atoms with van der Waals surface area (Å²) in [6.07, 6.45) is 2.94. The maximum atomic E-state index is 4.59. The first-order valence-corrected chi connectivity index (χ1v) is 7.74. The third-order valence-corrected chi connectivity index (χ3v) is 3.63. The molecule has 1 aromatic carbocycles. The summed E-state index contributed by atoms with van der Waals surface area (Å²) in [4.78, 5) is 8.78. The first-order valence-electron chi connectivity index (χ1n) is 7.74. The lowest BCUT2D eigenvalue weighted by molar-refractivity contribution is 0.583. The zero-order valence-corrected chi connectivity index (χ0v) is 13.4. The summed E-state index contributed by atoms with van der Waals surface area (Å²) in [6.45, 7) is 9.52. The Morgan fingerprint density at radius 2 is 1.71 bits per heavy atom. The van der Waals surface area contributed by atoms with Crippen molar-refractivity contribution in [3.05, 3.63) is 59.2 Å². The van der Waals surface area contributed by atoms with Crippen LogP contribution < -0.4 is 5.32 Å². The van der Waals surface area contributed by atoms with Crippen molar-refractivity contribution in [1.82, 2.24) is 15.3 Å². The number of benzene rings is 1. The molecular weight excluding hydrogens is 258 g/mol. The van der Waals surface area contributed by atoms with Gasteiger partial charge in [-0.15, -0.1) is 0 Å². The van der Waals surface area contributed by atoms with E-state index in [2.05, 4.69) is 60.3 Å². The topological polar surface area (TPSA) is 37.8 Å². The summed E-state index contributed by atoms with van der Waals surface area (Å²) >= 11 is 0. The molecule has 1 N–H and O–H groups in total. The monoisotopic (exact) mass is 283 g/mol. The molecular formula is C18H25N3. The van der Waals surface area contributed by atoms with Crippen LogP contribution in [0.25, 0.3) is 0 Å². The van der Waals surface area contributed by atoms with E-state index in [0.29, 0.717) is 5.92 Å².